The van der Waals surface area contributed by atoms with Crippen LogP contribution >= 0.6 is 35.2 Å². The molecule has 2 amide bonds. The van der Waals surface area contributed by atoms with Crippen molar-refractivity contribution in [3.63, 3.8) is 0 Å². The van der Waals surface area contributed by atoms with Gasteiger partial charge in [0.1, 0.15) is 36.3 Å². The van der Waals surface area contributed by atoms with Gasteiger partial charge in [0.2, 0.25) is 11.8 Å². The predicted octanol–water partition coefficient (Wildman–Crippen LogP) is 1.91. The van der Waals surface area contributed by atoms with E-state index < -0.39 is 84.6 Å². The Hall–Kier alpha value is -2.44. The molecule has 28 heteroatoms. The third kappa shape index (κ3) is 17.0. The molecule has 342 valence electrons. The molecule has 0 bridgehead atoms. The molecule has 3 heterocycles. The third-order valence-electron chi connectivity index (χ3n) is 9.08. The molecule has 3 rings (SSSR count). The number of anilines is 1. The summed E-state index contributed by atoms with van der Waals surface area (Å²) in [5.41, 5.74) is 4.28. The number of nitrogen functional groups attached to an aromatic ring is 1. The van der Waals surface area contributed by atoms with Crippen molar-refractivity contribution in [2.75, 3.05) is 37.8 Å². The number of nitrogens with zero attached hydrogens (tertiary/aromatic N) is 4. The second-order valence-electron chi connectivity index (χ2n) is 15.3. The van der Waals surface area contributed by atoms with Crippen molar-refractivity contribution in [1.29, 1.82) is 0 Å². The fourth-order valence-electron chi connectivity index (χ4n) is 5.75. The minimum atomic E-state index is -5.57. The van der Waals surface area contributed by atoms with Gasteiger partial charge in [0, 0.05) is 37.1 Å². The zero-order valence-corrected chi connectivity index (χ0v) is 37.3. The van der Waals surface area contributed by atoms with Gasteiger partial charge in [-0.1, -0.05) is 65.6 Å². The van der Waals surface area contributed by atoms with Gasteiger partial charge in [-0.3, -0.25) is 32.5 Å². The van der Waals surface area contributed by atoms with Gasteiger partial charge in [-0.25, -0.2) is 28.6 Å². The topological polar surface area (TPSA) is 364 Å². The van der Waals surface area contributed by atoms with Crippen molar-refractivity contribution < 1.29 is 80.5 Å². The number of rotatable bonds is 26. The Bertz CT molecular complexity index is 1900. The minimum absolute atomic E-state index is 0.0324. The quantitative estimate of drug-likeness (QED) is 0.0480. The van der Waals surface area contributed by atoms with E-state index in [4.69, 9.17) is 19.5 Å². The monoisotopic (exact) mass is 935 g/mol. The smallest absolute Gasteiger partial charge is 0.386 e. The molecule has 0 radical (unpaired) electrons. The molecule has 10 N–H and O–H groups in total. The van der Waals surface area contributed by atoms with Crippen LogP contribution in [0.5, 0.6) is 0 Å². The van der Waals surface area contributed by atoms with E-state index in [0.29, 0.717) is 24.0 Å². The number of hydrogen-bond acceptors (Lipinski definition) is 18. The standard InChI is InChI=1S/C32H56N7O17P3S/c1-19(2)7-6-8-20(3)9-10-23(41)60-14-13-34-22(40)11-12-35-30(44)27(43)32(4,5)16-53-59(50,51)56-58(48,49)52-15-21-26(55-57(45,46)47)25(42)31(54-21)39-18-38-24-28(33)36-17-37-29(24)39/h17-21,25-27,31,42-43H,6-16H2,1-5H3,(H,34,40)(H,35,44)(H,48,49)(H,50,51)(H2,33,36,37)(H2,45,46,47)/t20?,21-,25-,26-,27?,31-/m1/s1. The number of carbonyl (C=O) groups excluding carboxylic acids is 3. The van der Waals surface area contributed by atoms with Gasteiger partial charge in [0.05, 0.1) is 19.5 Å². The molecule has 1 saturated heterocycles. The molecule has 2 aromatic heterocycles. The van der Waals surface area contributed by atoms with Crippen molar-refractivity contribution >= 4 is 69.1 Å². The molecule has 4 unspecified atom stereocenters. The van der Waals surface area contributed by atoms with E-state index in [0.717, 1.165) is 54.7 Å². The lowest BCUT2D eigenvalue weighted by molar-refractivity contribution is -0.137. The molecule has 24 nitrogen and oxygen atoms in total. The van der Waals surface area contributed by atoms with Crippen LogP contribution in [-0.2, 0) is 50.7 Å². The van der Waals surface area contributed by atoms with Gasteiger partial charge < -0.3 is 50.9 Å². The average molecular weight is 936 g/mol. The summed E-state index contributed by atoms with van der Waals surface area (Å²) >= 11 is 1.14. The molecule has 1 aliphatic heterocycles. The maximum atomic E-state index is 12.7. The lowest BCUT2D eigenvalue weighted by atomic mass is 9.87. The van der Waals surface area contributed by atoms with Crippen LogP contribution in [0.25, 0.3) is 11.2 Å². The van der Waals surface area contributed by atoms with Gasteiger partial charge in [-0.15, -0.1) is 0 Å². The summed E-state index contributed by atoms with van der Waals surface area (Å²) in [6.07, 6.45) is -2.23. The van der Waals surface area contributed by atoms with Crippen LogP contribution in [0.2, 0.25) is 0 Å². The highest BCUT2D eigenvalue weighted by atomic mass is 32.2. The van der Waals surface area contributed by atoms with Gasteiger partial charge in [0.15, 0.2) is 22.8 Å². The Balaban J connectivity index is 1.42. The first kappa shape index (κ1) is 51.9. The van der Waals surface area contributed by atoms with E-state index in [9.17, 15) is 57.9 Å². The van der Waals surface area contributed by atoms with Crippen LogP contribution in [0.15, 0.2) is 12.7 Å². The van der Waals surface area contributed by atoms with E-state index >= 15 is 0 Å². The van der Waals surface area contributed by atoms with Crippen molar-refractivity contribution in [2.45, 2.75) is 104 Å². The van der Waals surface area contributed by atoms with Gasteiger partial charge in [-0.2, -0.15) is 4.31 Å². The van der Waals surface area contributed by atoms with Gasteiger partial charge >= 0.3 is 23.5 Å². The van der Waals surface area contributed by atoms with E-state index in [2.05, 4.69) is 55.2 Å². The van der Waals surface area contributed by atoms with Gasteiger partial charge in [-0.05, 0) is 18.3 Å². The molecule has 0 aromatic carbocycles. The van der Waals surface area contributed by atoms with E-state index in [-0.39, 0.29) is 41.6 Å². The maximum Gasteiger partial charge on any atom is 0.481 e. The Labute approximate surface area is 350 Å². The molecule has 1 fully saturated rings. The number of phosphoric ester groups is 3. The molecule has 0 saturated carbocycles. The Morgan fingerprint density at radius 3 is 2.33 bits per heavy atom. The van der Waals surface area contributed by atoms with E-state index in [1.165, 1.54) is 13.8 Å². The fourth-order valence-corrected chi connectivity index (χ4v) is 9.27. The number of carbonyl (C=O) groups is 3. The predicted molar refractivity (Wildman–Crippen MR) is 214 cm³/mol. The van der Waals surface area contributed by atoms with Crippen molar-refractivity contribution in [2.24, 2.45) is 17.3 Å². The fraction of sp³-hybridized carbons (Fsp3) is 0.750. The first-order valence-corrected chi connectivity index (χ1v) is 24.4. The molecule has 1 aliphatic rings. The molecular formula is C32H56N7O17P3S. The third-order valence-corrected chi connectivity index (χ3v) is 13.1. The molecule has 8 atom stereocenters. The largest absolute Gasteiger partial charge is 0.481 e. The highest BCUT2D eigenvalue weighted by molar-refractivity contribution is 8.13. The molecule has 60 heavy (non-hydrogen) atoms. The van der Waals surface area contributed by atoms with Crippen molar-refractivity contribution in [1.82, 2.24) is 30.2 Å². The first-order valence-electron chi connectivity index (χ1n) is 18.9. The Kier molecular flexibility index (Phi) is 19.7. The number of phosphoric acid groups is 3. The second-order valence-corrected chi connectivity index (χ2v) is 20.6. The summed E-state index contributed by atoms with van der Waals surface area (Å²) in [7, 11) is -16.4. The maximum absolute atomic E-state index is 12.7. The molecular weight excluding hydrogens is 879 g/mol. The number of nitrogens with two attached hydrogens (primary N) is 1. The number of hydrogen-bond donors (Lipinski definition) is 9. The number of amides is 2. The summed E-state index contributed by atoms with van der Waals surface area (Å²) in [6, 6.07) is 0. The SMILES string of the molecule is CC(C)CCCC(C)CCC(=O)SCCNC(=O)CCNC(=O)C(O)C(C)(C)COP(=O)(O)OP(=O)(O)OC[C@H]1O[C@@H](n2cnc3c(N)ncnc32)[C@H](O)[C@@H]1OP(=O)(O)O. The highest BCUT2D eigenvalue weighted by Crippen LogP contribution is 2.61. The summed E-state index contributed by atoms with van der Waals surface area (Å²) in [4.78, 5) is 88.1. The van der Waals surface area contributed by atoms with E-state index in [1.54, 1.807) is 0 Å². The lowest BCUT2D eigenvalue weighted by Gasteiger charge is -2.30. The van der Waals surface area contributed by atoms with Crippen LogP contribution in [0.1, 0.15) is 79.4 Å². The average Bonchev–Trinajstić information content (AvgIpc) is 3.70. The molecule has 0 spiro atoms. The second kappa shape index (κ2) is 22.8. The summed E-state index contributed by atoms with van der Waals surface area (Å²) in [5.74, 6) is 0.0757. The summed E-state index contributed by atoms with van der Waals surface area (Å²) in [6.45, 7) is 7.06. The van der Waals surface area contributed by atoms with Crippen LogP contribution in [0.3, 0.4) is 0 Å². The van der Waals surface area contributed by atoms with Crippen molar-refractivity contribution in [3.8, 4) is 0 Å². The van der Waals surface area contributed by atoms with Crippen LogP contribution in [-0.4, -0.2) is 123 Å². The van der Waals surface area contributed by atoms with Crippen LogP contribution in [0.4, 0.5) is 5.82 Å². The summed E-state index contributed by atoms with van der Waals surface area (Å²) in [5, 5.41) is 26.6. The number of imidazole rings is 1. The Morgan fingerprint density at radius 2 is 1.67 bits per heavy atom. The van der Waals surface area contributed by atoms with E-state index in [1.807, 2.05) is 0 Å². The number of thioether (sulfide) groups is 1. The number of aromatic nitrogens is 4. The van der Waals surface area contributed by atoms with Crippen LogP contribution < -0.4 is 16.4 Å². The summed E-state index contributed by atoms with van der Waals surface area (Å²) < 4.78 is 62.3. The van der Waals surface area contributed by atoms with Gasteiger partial charge in [0.25, 0.3) is 0 Å². The van der Waals surface area contributed by atoms with Crippen molar-refractivity contribution in [3.05, 3.63) is 12.7 Å². The first-order chi connectivity index (χ1) is 27.8. The number of aliphatic hydroxyl groups excluding tert-OH is 2. The zero-order chi connectivity index (χ0) is 45.1. The Morgan fingerprint density at radius 1 is 0.983 bits per heavy atom. The minimum Gasteiger partial charge on any atom is -0.386 e. The number of fused-ring (bicyclic) bond motifs is 1. The number of ether oxygens (including phenoxy) is 1. The number of nitrogens with one attached hydrogen (secondary N) is 2. The zero-order valence-electron chi connectivity index (χ0n) is 33.8. The van der Waals surface area contributed by atoms with Crippen LogP contribution in [0, 0.1) is 17.3 Å². The highest BCUT2D eigenvalue weighted by Gasteiger charge is 2.50. The number of aliphatic hydroxyl groups is 2. The molecule has 2 aromatic rings. The normalized spacial score (nSPS) is 21.7. The molecule has 0 aliphatic carbocycles. The lowest BCUT2D eigenvalue weighted by Crippen LogP contribution is -2.46.